The summed E-state index contributed by atoms with van der Waals surface area (Å²) in [4.78, 5) is 11.1. The van der Waals surface area contributed by atoms with E-state index in [1.165, 1.54) is 244 Å². The van der Waals surface area contributed by atoms with Crippen LogP contribution >= 0.6 is 0 Å². The van der Waals surface area contributed by atoms with E-state index in [4.69, 9.17) is 9.90 Å². The SMILES string of the molecule is C=C(CCCCCCCN(CCC)CCCCCCCCCCCCCCCC)CC(CCCCCCC)CCCCCCCC.O=CO. The Hall–Kier alpha value is -0.830. The molecule has 0 aliphatic carbocycles. The maximum atomic E-state index is 8.36. The number of carbonyl (C=O) groups is 1. The fourth-order valence-electron chi connectivity index (χ4n) is 7.53. The van der Waals surface area contributed by atoms with E-state index < -0.39 is 0 Å². The number of carboxylic acid groups (broad SMARTS) is 1. The first-order chi connectivity index (χ1) is 24.1. The molecule has 3 heteroatoms. The average Bonchev–Trinajstić information content (AvgIpc) is 3.09. The Morgan fingerprint density at radius 1 is 0.469 bits per heavy atom. The standard InChI is InChI=1S/C45H91N.CH2O2/c1-6-10-13-16-18-19-20-21-22-23-24-25-30-35-41-46(40-9-4)42-36-31-26-28-32-37-44(5)43-45(38-33-27-15-12-8-3)39-34-29-17-14-11-7-2;2-1-3/h45H,5-43H2,1-4H3;1H,(H,2,3). The van der Waals surface area contributed by atoms with Gasteiger partial charge in [-0.15, -0.1) is 0 Å². The molecule has 49 heavy (non-hydrogen) atoms. The lowest BCUT2D eigenvalue weighted by Gasteiger charge is -2.21. The van der Waals surface area contributed by atoms with Crippen molar-refractivity contribution in [3.05, 3.63) is 12.2 Å². The maximum Gasteiger partial charge on any atom is 0.290 e. The number of nitrogens with zero attached hydrogens (tertiary/aromatic N) is 1. The minimum absolute atomic E-state index is 0.250. The van der Waals surface area contributed by atoms with Crippen molar-refractivity contribution in [3.8, 4) is 0 Å². The van der Waals surface area contributed by atoms with Crippen LogP contribution in [0.15, 0.2) is 12.2 Å². The first kappa shape index (κ1) is 50.3. The van der Waals surface area contributed by atoms with E-state index in [-0.39, 0.29) is 6.47 Å². The smallest absolute Gasteiger partial charge is 0.290 e. The van der Waals surface area contributed by atoms with Crippen LogP contribution in [-0.4, -0.2) is 36.1 Å². The summed E-state index contributed by atoms with van der Waals surface area (Å²) < 4.78 is 0. The lowest BCUT2D eigenvalue weighted by atomic mass is 9.87. The highest BCUT2D eigenvalue weighted by molar-refractivity contribution is 5.32. The monoisotopic (exact) mass is 692 g/mol. The van der Waals surface area contributed by atoms with Gasteiger partial charge in [-0.05, 0) is 64.1 Å². The highest BCUT2D eigenvalue weighted by Gasteiger charge is 2.11. The quantitative estimate of drug-likeness (QED) is 0.0395. The minimum atomic E-state index is -0.250. The zero-order chi connectivity index (χ0) is 36.3. The van der Waals surface area contributed by atoms with Crippen LogP contribution in [-0.2, 0) is 4.79 Å². The van der Waals surface area contributed by atoms with Crippen molar-refractivity contribution < 1.29 is 9.90 Å². The zero-order valence-corrected chi connectivity index (χ0v) is 34.5. The Bertz CT molecular complexity index is 620. The van der Waals surface area contributed by atoms with E-state index >= 15 is 0 Å². The van der Waals surface area contributed by atoms with Crippen molar-refractivity contribution in [2.24, 2.45) is 5.92 Å². The van der Waals surface area contributed by atoms with Gasteiger partial charge < -0.3 is 10.0 Å². The Labute approximate surface area is 310 Å². The molecule has 1 unspecified atom stereocenters. The summed E-state index contributed by atoms with van der Waals surface area (Å²) in [7, 11) is 0. The molecular weight excluding hydrogens is 599 g/mol. The first-order valence-electron chi connectivity index (χ1n) is 22.6. The lowest BCUT2D eigenvalue weighted by molar-refractivity contribution is -0.122. The van der Waals surface area contributed by atoms with Gasteiger partial charge in [0, 0.05) is 0 Å². The second-order valence-electron chi connectivity index (χ2n) is 15.6. The molecule has 0 saturated heterocycles. The zero-order valence-electron chi connectivity index (χ0n) is 34.5. The molecule has 0 aliphatic rings. The molecule has 0 bridgehead atoms. The molecule has 1 atom stereocenters. The van der Waals surface area contributed by atoms with Gasteiger partial charge in [-0.25, -0.2) is 0 Å². The summed E-state index contributed by atoms with van der Waals surface area (Å²) in [6.07, 6.45) is 49.9. The fourth-order valence-corrected chi connectivity index (χ4v) is 7.53. The normalized spacial score (nSPS) is 11.9. The molecule has 1 N–H and O–H groups in total. The molecule has 3 nitrogen and oxygen atoms in total. The summed E-state index contributed by atoms with van der Waals surface area (Å²) in [5.41, 5.74) is 1.56. The molecule has 0 aromatic rings. The van der Waals surface area contributed by atoms with Crippen LogP contribution in [0.25, 0.3) is 0 Å². The molecule has 0 spiro atoms. The number of unbranched alkanes of at least 4 members (excludes halogenated alkanes) is 26. The van der Waals surface area contributed by atoms with Crippen LogP contribution in [0, 0.1) is 5.92 Å². The Kier molecular flexibility index (Phi) is 46.4. The molecule has 0 heterocycles. The van der Waals surface area contributed by atoms with Gasteiger partial charge in [0.15, 0.2) is 0 Å². The third kappa shape index (κ3) is 43.3. The number of allylic oxidation sites excluding steroid dienone is 1. The minimum Gasteiger partial charge on any atom is -0.483 e. The number of rotatable bonds is 40. The predicted molar refractivity (Wildman–Crippen MR) is 222 cm³/mol. The van der Waals surface area contributed by atoms with E-state index in [1.807, 2.05) is 0 Å². The maximum absolute atomic E-state index is 8.36. The molecule has 0 fully saturated rings. The molecule has 0 saturated carbocycles. The second-order valence-corrected chi connectivity index (χ2v) is 15.6. The molecule has 0 radical (unpaired) electrons. The molecule has 0 amide bonds. The van der Waals surface area contributed by atoms with Gasteiger partial charge in [0.25, 0.3) is 6.47 Å². The van der Waals surface area contributed by atoms with E-state index in [0.29, 0.717) is 0 Å². The van der Waals surface area contributed by atoms with Gasteiger partial charge >= 0.3 is 0 Å². The van der Waals surface area contributed by atoms with Crippen molar-refractivity contribution in [1.29, 1.82) is 0 Å². The summed E-state index contributed by atoms with van der Waals surface area (Å²) in [5.74, 6) is 0.907. The van der Waals surface area contributed by atoms with Gasteiger partial charge in [0.2, 0.25) is 0 Å². The van der Waals surface area contributed by atoms with Gasteiger partial charge in [-0.1, -0.05) is 226 Å². The van der Waals surface area contributed by atoms with Crippen molar-refractivity contribution in [2.45, 2.75) is 252 Å². The van der Waals surface area contributed by atoms with Crippen molar-refractivity contribution in [2.75, 3.05) is 19.6 Å². The van der Waals surface area contributed by atoms with Crippen molar-refractivity contribution >= 4 is 6.47 Å². The summed E-state index contributed by atoms with van der Waals surface area (Å²) in [6, 6.07) is 0. The average molecular weight is 692 g/mol. The van der Waals surface area contributed by atoms with Gasteiger partial charge in [0.05, 0.1) is 0 Å². The van der Waals surface area contributed by atoms with Crippen LogP contribution in [0.3, 0.4) is 0 Å². The molecule has 0 aromatic carbocycles. The third-order valence-electron chi connectivity index (χ3n) is 10.6. The molecule has 0 aliphatic heterocycles. The van der Waals surface area contributed by atoms with E-state index in [9.17, 15) is 0 Å². The number of hydrogen-bond acceptors (Lipinski definition) is 2. The summed E-state index contributed by atoms with van der Waals surface area (Å²) >= 11 is 0. The third-order valence-corrected chi connectivity index (χ3v) is 10.6. The molecular formula is C46H93NO2. The van der Waals surface area contributed by atoms with E-state index in [2.05, 4.69) is 39.2 Å². The molecule has 0 aromatic heterocycles. The Balaban J connectivity index is 0. The number of hydrogen-bond donors (Lipinski definition) is 1. The van der Waals surface area contributed by atoms with Crippen molar-refractivity contribution in [3.63, 3.8) is 0 Å². The molecule has 0 rings (SSSR count). The van der Waals surface area contributed by atoms with E-state index in [0.717, 1.165) is 5.92 Å². The lowest BCUT2D eigenvalue weighted by Crippen LogP contribution is -2.27. The summed E-state index contributed by atoms with van der Waals surface area (Å²) in [5, 5.41) is 6.89. The highest BCUT2D eigenvalue weighted by Crippen LogP contribution is 2.27. The summed E-state index contributed by atoms with van der Waals surface area (Å²) in [6.45, 7) is 17.6. The van der Waals surface area contributed by atoms with E-state index in [1.54, 1.807) is 5.57 Å². The second kappa shape index (κ2) is 45.2. The van der Waals surface area contributed by atoms with Crippen LogP contribution in [0.4, 0.5) is 0 Å². The topological polar surface area (TPSA) is 40.5 Å². The van der Waals surface area contributed by atoms with Crippen LogP contribution in [0.2, 0.25) is 0 Å². The largest absolute Gasteiger partial charge is 0.483 e. The van der Waals surface area contributed by atoms with Gasteiger partial charge in [-0.3, -0.25) is 4.79 Å². The van der Waals surface area contributed by atoms with Gasteiger partial charge in [0.1, 0.15) is 0 Å². The molecule has 294 valence electrons. The first-order valence-corrected chi connectivity index (χ1v) is 22.6. The Morgan fingerprint density at radius 3 is 1.12 bits per heavy atom. The van der Waals surface area contributed by atoms with Gasteiger partial charge in [-0.2, -0.15) is 0 Å². The fraction of sp³-hybridized carbons (Fsp3) is 0.935. The van der Waals surface area contributed by atoms with Crippen LogP contribution < -0.4 is 0 Å². The van der Waals surface area contributed by atoms with Crippen molar-refractivity contribution in [1.82, 2.24) is 4.90 Å². The van der Waals surface area contributed by atoms with Crippen LogP contribution in [0.5, 0.6) is 0 Å². The van der Waals surface area contributed by atoms with Crippen LogP contribution in [0.1, 0.15) is 252 Å². The predicted octanol–water partition coefficient (Wildman–Crippen LogP) is 15.9. The Morgan fingerprint density at radius 2 is 0.776 bits per heavy atom. The highest BCUT2D eigenvalue weighted by atomic mass is 16.3.